The average molecular weight is 435 g/mol. The summed E-state index contributed by atoms with van der Waals surface area (Å²) >= 11 is 0. The lowest BCUT2D eigenvalue weighted by atomic mass is 10.1. The zero-order valence-corrected chi connectivity index (χ0v) is 18.6. The summed E-state index contributed by atoms with van der Waals surface area (Å²) in [5.74, 6) is 0. The Kier molecular flexibility index (Phi) is 4.26. The predicted molar refractivity (Wildman–Crippen MR) is 119 cm³/mol. The molecule has 0 saturated carbocycles. The quantitative estimate of drug-likeness (QED) is 0.432. The molecular formula is C22H22N6O2S. The molecule has 5 rings (SSSR count). The van der Waals surface area contributed by atoms with Crippen molar-refractivity contribution in [3.05, 3.63) is 60.2 Å². The number of benzene rings is 1. The maximum atomic E-state index is 13.9. The Balaban J connectivity index is 1.99. The molecule has 0 unspecified atom stereocenters. The summed E-state index contributed by atoms with van der Waals surface area (Å²) in [4.78, 5) is 4.81. The number of hydrogen-bond acceptors (Lipinski definition) is 5. The van der Waals surface area contributed by atoms with E-state index in [4.69, 9.17) is 0 Å². The maximum Gasteiger partial charge on any atom is 0.269 e. The molecule has 5 aromatic rings. The van der Waals surface area contributed by atoms with Gasteiger partial charge in [0.1, 0.15) is 0 Å². The van der Waals surface area contributed by atoms with Crippen molar-refractivity contribution >= 4 is 32.0 Å². The fourth-order valence-corrected chi connectivity index (χ4v) is 5.68. The molecule has 0 radical (unpaired) electrons. The van der Waals surface area contributed by atoms with Crippen molar-refractivity contribution in [2.75, 3.05) is 0 Å². The largest absolute Gasteiger partial charge is 0.275 e. The van der Waals surface area contributed by atoms with Gasteiger partial charge < -0.3 is 0 Å². The second-order valence-electron chi connectivity index (χ2n) is 7.69. The average Bonchev–Trinajstić information content (AvgIpc) is 3.43. The first-order valence-corrected chi connectivity index (χ1v) is 11.4. The lowest BCUT2D eigenvalue weighted by molar-refractivity contribution is 0.589. The van der Waals surface area contributed by atoms with Crippen LogP contribution in [-0.2, 0) is 30.5 Å². The third kappa shape index (κ3) is 2.80. The van der Waals surface area contributed by atoms with Gasteiger partial charge in [0, 0.05) is 42.8 Å². The Hall–Kier alpha value is -3.46. The number of aromatic nitrogens is 6. The molecule has 0 atom stereocenters. The van der Waals surface area contributed by atoms with Crippen LogP contribution in [0.5, 0.6) is 0 Å². The van der Waals surface area contributed by atoms with E-state index in [1.165, 1.54) is 3.97 Å². The maximum absolute atomic E-state index is 13.9. The number of hydrogen-bond donors (Lipinski definition) is 0. The zero-order valence-electron chi connectivity index (χ0n) is 17.7. The van der Waals surface area contributed by atoms with Gasteiger partial charge in [0.15, 0.2) is 5.65 Å². The first-order chi connectivity index (χ1) is 14.8. The Bertz CT molecular complexity index is 1560. The van der Waals surface area contributed by atoms with Crippen molar-refractivity contribution < 1.29 is 8.42 Å². The Morgan fingerprint density at radius 3 is 2.39 bits per heavy atom. The molecule has 0 fully saturated rings. The Morgan fingerprint density at radius 1 is 1.00 bits per heavy atom. The van der Waals surface area contributed by atoms with E-state index in [1.54, 1.807) is 52.2 Å². The second-order valence-corrected chi connectivity index (χ2v) is 9.48. The lowest BCUT2D eigenvalue weighted by Gasteiger charge is -2.12. The van der Waals surface area contributed by atoms with Gasteiger partial charge in [-0.25, -0.2) is 17.4 Å². The molecule has 8 nitrogen and oxygen atoms in total. The molecule has 0 amide bonds. The van der Waals surface area contributed by atoms with Crippen molar-refractivity contribution in [2.45, 2.75) is 25.2 Å². The molecule has 0 N–H and O–H groups in total. The number of pyridine rings is 1. The van der Waals surface area contributed by atoms with E-state index >= 15 is 0 Å². The van der Waals surface area contributed by atoms with Crippen LogP contribution >= 0.6 is 0 Å². The van der Waals surface area contributed by atoms with Crippen LogP contribution in [0.25, 0.3) is 33.2 Å². The van der Waals surface area contributed by atoms with Crippen molar-refractivity contribution in [1.82, 2.24) is 28.5 Å². The monoisotopic (exact) mass is 434 g/mol. The minimum Gasteiger partial charge on any atom is -0.275 e. The summed E-state index contributed by atoms with van der Waals surface area (Å²) in [6.07, 6.45) is 7.57. The molecule has 0 bridgehead atoms. The summed E-state index contributed by atoms with van der Waals surface area (Å²) in [5.41, 5.74) is 4.47. The highest BCUT2D eigenvalue weighted by Gasteiger charge is 2.30. The van der Waals surface area contributed by atoms with Gasteiger partial charge in [0.25, 0.3) is 10.0 Å². The Labute approximate surface area is 179 Å². The molecule has 31 heavy (non-hydrogen) atoms. The summed E-state index contributed by atoms with van der Waals surface area (Å²) in [6, 6.07) is 6.88. The summed E-state index contributed by atoms with van der Waals surface area (Å²) in [7, 11) is -0.247. The van der Waals surface area contributed by atoms with Crippen LogP contribution in [-0.4, -0.2) is 36.9 Å². The molecule has 4 heterocycles. The van der Waals surface area contributed by atoms with E-state index in [0.717, 1.165) is 33.0 Å². The van der Waals surface area contributed by atoms with Gasteiger partial charge in [-0.2, -0.15) is 10.2 Å². The van der Waals surface area contributed by atoms with Crippen LogP contribution in [0.15, 0.2) is 53.9 Å². The van der Waals surface area contributed by atoms with E-state index in [-0.39, 0.29) is 4.90 Å². The van der Waals surface area contributed by atoms with E-state index < -0.39 is 10.0 Å². The van der Waals surface area contributed by atoms with E-state index in [0.29, 0.717) is 17.8 Å². The molecule has 4 aromatic heterocycles. The van der Waals surface area contributed by atoms with Gasteiger partial charge in [-0.15, -0.1) is 0 Å². The van der Waals surface area contributed by atoms with Gasteiger partial charge in [0.05, 0.1) is 28.5 Å². The molecule has 0 saturated heterocycles. The van der Waals surface area contributed by atoms with Gasteiger partial charge >= 0.3 is 0 Å². The van der Waals surface area contributed by atoms with Crippen LogP contribution in [0.1, 0.15) is 18.1 Å². The minimum atomic E-state index is -3.92. The van der Waals surface area contributed by atoms with Gasteiger partial charge in [0.2, 0.25) is 0 Å². The Morgan fingerprint density at radius 2 is 1.74 bits per heavy atom. The number of rotatable bonds is 4. The predicted octanol–water partition coefficient (Wildman–Crippen LogP) is 3.43. The van der Waals surface area contributed by atoms with Crippen molar-refractivity contribution in [3.8, 4) is 11.3 Å². The molecule has 9 heteroatoms. The molecular weight excluding hydrogens is 412 g/mol. The highest BCUT2D eigenvalue weighted by atomic mass is 32.2. The normalized spacial score (nSPS) is 12.3. The lowest BCUT2D eigenvalue weighted by Crippen LogP contribution is -2.15. The van der Waals surface area contributed by atoms with Gasteiger partial charge in [-0.3, -0.25) is 9.36 Å². The van der Waals surface area contributed by atoms with Crippen LogP contribution in [0.2, 0.25) is 0 Å². The third-order valence-electron chi connectivity index (χ3n) is 5.63. The van der Waals surface area contributed by atoms with Crippen LogP contribution in [0, 0.1) is 6.92 Å². The van der Waals surface area contributed by atoms with Crippen LogP contribution < -0.4 is 0 Å². The summed E-state index contributed by atoms with van der Waals surface area (Å²) in [6.45, 7) is 3.95. The highest BCUT2D eigenvalue weighted by Crippen LogP contribution is 2.39. The minimum absolute atomic E-state index is 0.217. The van der Waals surface area contributed by atoms with E-state index in [2.05, 4.69) is 15.2 Å². The zero-order chi connectivity index (χ0) is 21.9. The second kappa shape index (κ2) is 6.78. The SMILES string of the molecule is CCc1c(-c2cnn(C)c2)n(S(=O)(=O)c2ccc(C)cc2)c2ncc3cnn(C)c3c12. The fraction of sp³-hybridized carbons (Fsp3) is 0.227. The number of nitrogens with zero attached hydrogens (tertiary/aromatic N) is 6. The smallest absolute Gasteiger partial charge is 0.269 e. The summed E-state index contributed by atoms with van der Waals surface area (Å²) in [5, 5.41) is 10.3. The first-order valence-electron chi connectivity index (χ1n) is 9.98. The highest BCUT2D eigenvalue weighted by molar-refractivity contribution is 7.90. The number of fused-ring (bicyclic) bond motifs is 3. The van der Waals surface area contributed by atoms with Crippen molar-refractivity contribution in [2.24, 2.45) is 14.1 Å². The van der Waals surface area contributed by atoms with Crippen molar-refractivity contribution in [3.63, 3.8) is 0 Å². The molecule has 0 spiro atoms. The summed E-state index contributed by atoms with van der Waals surface area (Å²) < 4.78 is 32.7. The van der Waals surface area contributed by atoms with E-state index in [1.807, 2.05) is 34.1 Å². The molecule has 0 aliphatic heterocycles. The molecule has 0 aliphatic carbocycles. The van der Waals surface area contributed by atoms with Gasteiger partial charge in [-0.1, -0.05) is 24.6 Å². The fourth-order valence-electron chi connectivity index (χ4n) is 4.16. The molecule has 0 aliphatic rings. The van der Waals surface area contributed by atoms with Gasteiger partial charge in [-0.05, 0) is 31.0 Å². The number of aryl methyl sites for hydroxylation is 4. The van der Waals surface area contributed by atoms with Crippen LogP contribution in [0.4, 0.5) is 0 Å². The topological polar surface area (TPSA) is 87.6 Å². The third-order valence-corrected chi connectivity index (χ3v) is 7.33. The molecule has 158 valence electrons. The molecule has 1 aromatic carbocycles. The first kappa shape index (κ1) is 19.5. The standard InChI is InChI=1S/C22H22N6O2S/c1-5-18-19-21-15(11-25-27(21)4)10-23-22(19)28(20(18)16-12-24-26(3)13-16)31(29,30)17-8-6-14(2)7-9-17/h6-13H,5H2,1-4H3. The van der Waals surface area contributed by atoms with Crippen molar-refractivity contribution in [1.29, 1.82) is 0 Å². The van der Waals surface area contributed by atoms with E-state index in [9.17, 15) is 8.42 Å². The van der Waals surface area contributed by atoms with Crippen LogP contribution in [0.3, 0.4) is 0 Å².